The zero-order chi connectivity index (χ0) is 20.7. The predicted molar refractivity (Wildman–Crippen MR) is 107 cm³/mol. The molecule has 1 aliphatic heterocycles. The second-order valence-electron chi connectivity index (χ2n) is 7.43. The number of fused-ring (bicyclic) bond motifs is 2. The average Bonchev–Trinajstić information content (AvgIpc) is 3.27. The van der Waals surface area contributed by atoms with Crippen molar-refractivity contribution in [2.75, 3.05) is 4.90 Å². The van der Waals surface area contributed by atoms with Gasteiger partial charge in [-0.05, 0) is 45.7 Å². The van der Waals surface area contributed by atoms with Gasteiger partial charge in [0, 0.05) is 28.7 Å². The Kier molecular flexibility index (Phi) is 4.77. The summed E-state index contributed by atoms with van der Waals surface area (Å²) in [6.07, 6.45) is 1.36. The fourth-order valence-corrected chi connectivity index (χ4v) is 3.94. The van der Waals surface area contributed by atoms with Gasteiger partial charge in [-0.15, -0.1) is 0 Å². The van der Waals surface area contributed by atoms with E-state index in [0.717, 1.165) is 28.9 Å². The van der Waals surface area contributed by atoms with Crippen molar-refractivity contribution in [1.82, 2.24) is 19.6 Å². The van der Waals surface area contributed by atoms with Gasteiger partial charge in [0.2, 0.25) is 0 Å². The lowest BCUT2D eigenvalue weighted by molar-refractivity contribution is -0.153. The quantitative estimate of drug-likeness (QED) is 0.631. The Bertz CT molecular complexity index is 1110. The largest absolute Gasteiger partial charge is 0.452 e. The van der Waals surface area contributed by atoms with Crippen LogP contribution in [-0.2, 0) is 27.2 Å². The van der Waals surface area contributed by atoms with E-state index in [4.69, 9.17) is 4.74 Å². The van der Waals surface area contributed by atoms with Crippen molar-refractivity contribution in [1.29, 1.82) is 0 Å². The number of carbonyl (C=O) groups is 2. The van der Waals surface area contributed by atoms with Crippen molar-refractivity contribution in [3.8, 4) is 0 Å². The summed E-state index contributed by atoms with van der Waals surface area (Å²) in [6, 6.07) is 7.86. The van der Waals surface area contributed by atoms with Gasteiger partial charge in [0.1, 0.15) is 6.33 Å². The van der Waals surface area contributed by atoms with Crippen LogP contribution in [0.5, 0.6) is 0 Å². The SMILES string of the molecule is Cc1nc2ncnn2c(C)c1CC(=O)O[C@H](C)C(=O)N1c2ccccc2C[C@@H]1C. The van der Waals surface area contributed by atoms with E-state index in [1.165, 1.54) is 6.33 Å². The van der Waals surface area contributed by atoms with Gasteiger partial charge in [0.25, 0.3) is 11.7 Å². The van der Waals surface area contributed by atoms with E-state index in [0.29, 0.717) is 11.5 Å². The maximum atomic E-state index is 13.0. The molecule has 1 amide bonds. The summed E-state index contributed by atoms with van der Waals surface area (Å²) in [6.45, 7) is 7.29. The van der Waals surface area contributed by atoms with Crippen LogP contribution < -0.4 is 4.90 Å². The minimum Gasteiger partial charge on any atom is -0.452 e. The number of carbonyl (C=O) groups excluding carboxylic acids is 2. The van der Waals surface area contributed by atoms with Crippen molar-refractivity contribution in [3.63, 3.8) is 0 Å². The van der Waals surface area contributed by atoms with E-state index < -0.39 is 12.1 Å². The maximum absolute atomic E-state index is 13.0. The standard InChI is InChI=1S/C21H23N5O3/c1-12-9-16-7-5-6-8-18(16)25(12)20(28)15(4)29-19(27)10-17-13(2)24-21-22-11-23-26(21)14(17)3/h5-8,11-12,15H,9-10H2,1-4H3/t12-,15+/m0/s1. The number of esters is 1. The lowest BCUT2D eigenvalue weighted by Crippen LogP contribution is -2.43. The molecule has 3 aromatic rings. The molecule has 1 aliphatic rings. The molecule has 0 radical (unpaired) electrons. The van der Waals surface area contributed by atoms with E-state index in [2.05, 4.69) is 15.1 Å². The highest BCUT2D eigenvalue weighted by molar-refractivity contribution is 5.99. The van der Waals surface area contributed by atoms with Crippen LogP contribution in [0.1, 0.15) is 36.4 Å². The summed E-state index contributed by atoms with van der Waals surface area (Å²) in [5.74, 6) is -0.199. The van der Waals surface area contributed by atoms with E-state index in [1.807, 2.05) is 45.0 Å². The first-order valence-electron chi connectivity index (χ1n) is 9.63. The average molecular weight is 393 g/mol. The highest BCUT2D eigenvalue weighted by Gasteiger charge is 2.34. The lowest BCUT2D eigenvalue weighted by Gasteiger charge is -2.26. The number of aryl methyl sites for hydroxylation is 2. The molecular weight excluding hydrogens is 370 g/mol. The maximum Gasteiger partial charge on any atom is 0.311 e. The summed E-state index contributed by atoms with van der Waals surface area (Å²) < 4.78 is 7.08. The summed E-state index contributed by atoms with van der Waals surface area (Å²) in [7, 11) is 0. The van der Waals surface area contributed by atoms with E-state index >= 15 is 0 Å². The number of benzene rings is 1. The van der Waals surface area contributed by atoms with Crippen LogP contribution in [0.3, 0.4) is 0 Å². The number of amides is 1. The van der Waals surface area contributed by atoms with Crippen molar-refractivity contribution in [2.45, 2.75) is 52.7 Å². The second kappa shape index (κ2) is 7.27. The lowest BCUT2D eigenvalue weighted by atomic mass is 10.1. The number of ether oxygens (including phenoxy) is 1. The van der Waals surface area contributed by atoms with Crippen molar-refractivity contribution in [2.24, 2.45) is 0 Å². The van der Waals surface area contributed by atoms with Gasteiger partial charge in [-0.3, -0.25) is 9.59 Å². The van der Waals surface area contributed by atoms with E-state index in [1.54, 1.807) is 16.3 Å². The third kappa shape index (κ3) is 3.35. The molecule has 0 spiro atoms. The number of para-hydroxylation sites is 1. The highest BCUT2D eigenvalue weighted by atomic mass is 16.5. The third-order valence-corrected chi connectivity index (χ3v) is 5.41. The molecule has 29 heavy (non-hydrogen) atoms. The smallest absolute Gasteiger partial charge is 0.311 e. The molecule has 2 aromatic heterocycles. The Morgan fingerprint density at radius 2 is 2.03 bits per heavy atom. The van der Waals surface area contributed by atoms with Gasteiger partial charge in [0.15, 0.2) is 6.10 Å². The van der Waals surface area contributed by atoms with Crippen LogP contribution >= 0.6 is 0 Å². The minimum atomic E-state index is -0.875. The molecule has 8 nitrogen and oxygen atoms in total. The number of hydrogen-bond donors (Lipinski definition) is 0. The van der Waals surface area contributed by atoms with Crippen LogP contribution in [0.15, 0.2) is 30.6 Å². The summed E-state index contributed by atoms with van der Waals surface area (Å²) >= 11 is 0. The van der Waals surface area contributed by atoms with Crippen LogP contribution in [-0.4, -0.2) is 43.6 Å². The zero-order valence-electron chi connectivity index (χ0n) is 16.9. The molecule has 1 aromatic carbocycles. The Hall–Kier alpha value is -3.29. The van der Waals surface area contributed by atoms with Gasteiger partial charge < -0.3 is 9.64 Å². The number of aromatic nitrogens is 4. The molecule has 0 unspecified atom stereocenters. The molecule has 0 bridgehead atoms. The molecule has 0 fully saturated rings. The Morgan fingerprint density at radius 1 is 1.28 bits per heavy atom. The van der Waals surface area contributed by atoms with Crippen LogP contribution in [0.4, 0.5) is 5.69 Å². The van der Waals surface area contributed by atoms with Crippen LogP contribution in [0.25, 0.3) is 5.78 Å². The zero-order valence-corrected chi connectivity index (χ0v) is 16.9. The third-order valence-electron chi connectivity index (χ3n) is 5.41. The fraction of sp³-hybridized carbons (Fsp3) is 0.381. The summed E-state index contributed by atoms with van der Waals surface area (Å²) in [5.41, 5.74) is 4.22. The van der Waals surface area contributed by atoms with Gasteiger partial charge in [-0.25, -0.2) is 9.50 Å². The van der Waals surface area contributed by atoms with E-state index in [-0.39, 0.29) is 18.4 Å². The Morgan fingerprint density at radius 3 is 2.83 bits per heavy atom. The minimum absolute atomic E-state index is 0.0181. The number of rotatable bonds is 4. The molecular formula is C21H23N5O3. The van der Waals surface area contributed by atoms with Crippen molar-refractivity contribution < 1.29 is 14.3 Å². The van der Waals surface area contributed by atoms with Crippen LogP contribution in [0, 0.1) is 13.8 Å². The number of nitrogens with zero attached hydrogens (tertiary/aromatic N) is 5. The van der Waals surface area contributed by atoms with Gasteiger partial charge in [0.05, 0.1) is 6.42 Å². The molecule has 0 aliphatic carbocycles. The van der Waals surface area contributed by atoms with Gasteiger partial charge >= 0.3 is 5.97 Å². The molecule has 3 heterocycles. The topological polar surface area (TPSA) is 89.7 Å². The van der Waals surface area contributed by atoms with Crippen molar-refractivity contribution in [3.05, 3.63) is 53.1 Å². The fourth-order valence-electron chi connectivity index (χ4n) is 3.94. The Balaban J connectivity index is 1.48. The summed E-state index contributed by atoms with van der Waals surface area (Å²) in [5, 5.41) is 4.13. The first-order chi connectivity index (χ1) is 13.9. The van der Waals surface area contributed by atoms with Crippen LogP contribution in [0.2, 0.25) is 0 Å². The molecule has 4 rings (SSSR count). The second-order valence-corrected chi connectivity index (χ2v) is 7.43. The first kappa shape index (κ1) is 19.0. The molecule has 150 valence electrons. The highest BCUT2D eigenvalue weighted by Crippen LogP contribution is 2.32. The first-order valence-corrected chi connectivity index (χ1v) is 9.63. The van der Waals surface area contributed by atoms with Crippen molar-refractivity contribution >= 4 is 23.3 Å². The molecule has 0 N–H and O–H groups in total. The monoisotopic (exact) mass is 393 g/mol. The normalized spacial score (nSPS) is 16.7. The molecule has 0 saturated carbocycles. The number of hydrogen-bond acceptors (Lipinski definition) is 6. The summed E-state index contributed by atoms with van der Waals surface area (Å²) in [4.78, 5) is 35.7. The molecule has 0 saturated heterocycles. The Labute approximate surface area is 168 Å². The van der Waals surface area contributed by atoms with Gasteiger partial charge in [-0.2, -0.15) is 10.1 Å². The van der Waals surface area contributed by atoms with E-state index in [9.17, 15) is 9.59 Å². The molecule has 2 atom stereocenters. The van der Waals surface area contributed by atoms with Gasteiger partial charge in [-0.1, -0.05) is 18.2 Å². The molecule has 8 heteroatoms. The number of anilines is 1. The predicted octanol–water partition coefficient (Wildman–Crippen LogP) is 2.19.